The lowest BCUT2D eigenvalue weighted by Crippen LogP contribution is -2.10. The highest BCUT2D eigenvalue weighted by Crippen LogP contribution is 2.34. The van der Waals surface area contributed by atoms with Gasteiger partial charge in [-0.05, 0) is 48.0 Å². The third-order valence-corrected chi connectivity index (χ3v) is 5.65. The molecule has 0 saturated carbocycles. The van der Waals surface area contributed by atoms with Crippen LogP contribution >= 0.6 is 11.6 Å². The third-order valence-electron chi connectivity index (χ3n) is 5.41. The first-order valence-electron chi connectivity index (χ1n) is 10.1. The van der Waals surface area contributed by atoms with E-state index in [1.165, 1.54) is 0 Å². The fraction of sp³-hybridized carbons (Fsp3) is 0.120. The summed E-state index contributed by atoms with van der Waals surface area (Å²) in [6.45, 7) is 0. The predicted molar refractivity (Wildman–Crippen MR) is 124 cm³/mol. The van der Waals surface area contributed by atoms with Gasteiger partial charge in [0, 0.05) is 28.8 Å². The quantitative estimate of drug-likeness (QED) is 0.447. The molecule has 0 bridgehead atoms. The number of hydrogen-bond donors (Lipinski definition) is 1. The molecule has 5 rings (SSSR count). The molecule has 1 unspecified atom stereocenters. The Morgan fingerprint density at radius 3 is 2.52 bits per heavy atom. The molecule has 4 aromatic rings. The first-order valence-corrected chi connectivity index (χ1v) is 10.5. The van der Waals surface area contributed by atoms with Crippen molar-refractivity contribution in [1.29, 1.82) is 0 Å². The Labute approximate surface area is 185 Å². The van der Waals surface area contributed by atoms with Crippen molar-refractivity contribution >= 4 is 17.3 Å². The number of hydrogen-bond acceptors (Lipinski definition) is 4. The van der Waals surface area contributed by atoms with Crippen LogP contribution in [0.25, 0.3) is 16.9 Å². The first-order chi connectivity index (χ1) is 15.2. The Morgan fingerprint density at radius 1 is 0.968 bits per heavy atom. The van der Waals surface area contributed by atoms with Gasteiger partial charge in [0.2, 0.25) is 0 Å². The lowest BCUT2D eigenvalue weighted by Gasteiger charge is -2.10. The molecule has 0 spiro atoms. The van der Waals surface area contributed by atoms with Gasteiger partial charge in [0.1, 0.15) is 5.75 Å². The smallest absolute Gasteiger partial charge is 0.118 e. The summed E-state index contributed by atoms with van der Waals surface area (Å²) in [5.74, 6) is 0.813. The summed E-state index contributed by atoms with van der Waals surface area (Å²) < 4.78 is 7.19. The maximum absolute atomic E-state index is 6.22. The number of halogens is 1. The van der Waals surface area contributed by atoms with Gasteiger partial charge in [-0.1, -0.05) is 48.0 Å². The Morgan fingerprint density at radius 2 is 1.77 bits per heavy atom. The third kappa shape index (κ3) is 3.92. The van der Waals surface area contributed by atoms with Gasteiger partial charge < -0.3 is 10.2 Å². The van der Waals surface area contributed by atoms with Crippen LogP contribution in [0.5, 0.6) is 5.75 Å². The zero-order valence-corrected chi connectivity index (χ0v) is 17.8. The number of hydrazone groups is 1. The molecule has 2 heterocycles. The van der Waals surface area contributed by atoms with E-state index in [-0.39, 0.29) is 6.04 Å². The SMILES string of the molecule is COc1ccc(-c2nn(-c3cccc(Cl)c3)cc2C2CC(c3ccccc3)=NN2)cc1. The molecule has 3 aromatic carbocycles. The molecule has 6 heteroatoms. The van der Waals surface area contributed by atoms with E-state index in [2.05, 4.69) is 28.9 Å². The van der Waals surface area contributed by atoms with Crippen LogP contribution in [-0.4, -0.2) is 22.6 Å². The second kappa shape index (κ2) is 8.28. The molecule has 0 amide bonds. The van der Waals surface area contributed by atoms with Crippen LogP contribution in [0.2, 0.25) is 5.02 Å². The van der Waals surface area contributed by atoms with Crippen molar-refractivity contribution in [3.8, 4) is 22.7 Å². The van der Waals surface area contributed by atoms with Crippen molar-refractivity contribution in [1.82, 2.24) is 15.2 Å². The molecule has 0 aliphatic carbocycles. The van der Waals surface area contributed by atoms with Crippen LogP contribution in [0.1, 0.15) is 23.6 Å². The predicted octanol–water partition coefficient (Wildman–Crippen LogP) is 5.64. The molecule has 1 aliphatic rings. The average molecular weight is 429 g/mol. The van der Waals surface area contributed by atoms with Crippen molar-refractivity contribution in [2.45, 2.75) is 12.5 Å². The number of nitrogens with zero attached hydrogens (tertiary/aromatic N) is 3. The molecule has 0 radical (unpaired) electrons. The molecule has 154 valence electrons. The van der Waals surface area contributed by atoms with E-state index in [0.29, 0.717) is 5.02 Å². The van der Waals surface area contributed by atoms with Crippen LogP contribution in [0.3, 0.4) is 0 Å². The van der Waals surface area contributed by atoms with Gasteiger partial charge in [0.05, 0.1) is 30.2 Å². The lowest BCUT2D eigenvalue weighted by atomic mass is 9.97. The highest BCUT2D eigenvalue weighted by atomic mass is 35.5. The Balaban J connectivity index is 1.53. The summed E-state index contributed by atoms with van der Waals surface area (Å²) >= 11 is 6.22. The topological polar surface area (TPSA) is 51.4 Å². The number of aromatic nitrogens is 2. The van der Waals surface area contributed by atoms with Crippen LogP contribution in [-0.2, 0) is 0 Å². The highest BCUT2D eigenvalue weighted by molar-refractivity contribution is 6.30. The van der Waals surface area contributed by atoms with Crippen molar-refractivity contribution in [2.24, 2.45) is 5.10 Å². The largest absolute Gasteiger partial charge is 0.497 e. The van der Waals surface area contributed by atoms with Gasteiger partial charge in [-0.25, -0.2) is 4.68 Å². The number of methoxy groups -OCH3 is 1. The van der Waals surface area contributed by atoms with Gasteiger partial charge in [-0.15, -0.1) is 0 Å². The average Bonchev–Trinajstić information content (AvgIpc) is 3.47. The normalized spacial score (nSPS) is 15.4. The molecule has 0 fully saturated rings. The summed E-state index contributed by atoms with van der Waals surface area (Å²) in [5, 5.41) is 10.2. The van der Waals surface area contributed by atoms with Gasteiger partial charge in [0.15, 0.2) is 0 Å². The molecular formula is C25H21ClN4O. The summed E-state index contributed by atoms with van der Waals surface area (Å²) in [6.07, 6.45) is 2.85. The van der Waals surface area contributed by atoms with E-state index in [0.717, 1.165) is 46.0 Å². The van der Waals surface area contributed by atoms with Crippen LogP contribution < -0.4 is 10.2 Å². The number of ether oxygens (including phenoxy) is 1. The number of benzene rings is 3. The Hall–Kier alpha value is -3.57. The first kappa shape index (κ1) is 19.4. The molecule has 1 N–H and O–H groups in total. The Bertz CT molecular complexity index is 1230. The van der Waals surface area contributed by atoms with E-state index in [9.17, 15) is 0 Å². The molecule has 31 heavy (non-hydrogen) atoms. The van der Waals surface area contributed by atoms with Gasteiger partial charge >= 0.3 is 0 Å². The van der Waals surface area contributed by atoms with E-state index in [1.54, 1.807) is 7.11 Å². The van der Waals surface area contributed by atoms with E-state index in [1.807, 2.05) is 71.4 Å². The summed E-state index contributed by atoms with van der Waals surface area (Å²) in [5.41, 5.74) is 9.41. The monoisotopic (exact) mass is 428 g/mol. The molecule has 0 saturated heterocycles. The van der Waals surface area contributed by atoms with E-state index >= 15 is 0 Å². The van der Waals surface area contributed by atoms with Crippen LogP contribution in [0.15, 0.2) is 90.2 Å². The standard InChI is InChI=1S/C25H21ClN4O/c1-31-21-12-10-18(11-13-21)25-22(16-30(29-25)20-9-5-8-19(26)14-20)24-15-23(27-28-24)17-6-3-2-4-7-17/h2-14,16,24,28H,15H2,1H3. The second-order valence-corrected chi connectivity index (χ2v) is 7.83. The van der Waals surface area contributed by atoms with Gasteiger partial charge in [0.25, 0.3) is 0 Å². The van der Waals surface area contributed by atoms with Crippen LogP contribution in [0, 0.1) is 0 Å². The van der Waals surface area contributed by atoms with Crippen molar-refractivity contribution < 1.29 is 4.74 Å². The molecule has 5 nitrogen and oxygen atoms in total. The zero-order chi connectivity index (χ0) is 21.2. The van der Waals surface area contributed by atoms with Crippen molar-refractivity contribution in [3.63, 3.8) is 0 Å². The van der Waals surface area contributed by atoms with Crippen molar-refractivity contribution in [2.75, 3.05) is 7.11 Å². The Kier molecular flexibility index (Phi) is 5.18. The minimum absolute atomic E-state index is 0.0280. The summed E-state index contributed by atoms with van der Waals surface area (Å²) in [7, 11) is 1.67. The van der Waals surface area contributed by atoms with Crippen LogP contribution in [0.4, 0.5) is 0 Å². The van der Waals surface area contributed by atoms with Gasteiger partial charge in [-0.2, -0.15) is 10.2 Å². The zero-order valence-electron chi connectivity index (χ0n) is 17.0. The summed E-state index contributed by atoms with van der Waals surface area (Å²) in [6, 6.07) is 25.9. The molecule has 1 aliphatic heterocycles. The molecule has 1 atom stereocenters. The fourth-order valence-corrected chi connectivity index (χ4v) is 3.98. The van der Waals surface area contributed by atoms with E-state index < -0.39 is 0 Å². The summed E-state index contributed by atoms with van der Waals surface area (Å²) in [4.78, 5) is 0. The van der Waals surface area contributed by atoms with Crippen molar-refractivity contribution in [3.05, 3.63) is 101 Å². The fourth-order valence-electron chi connectivity index (χ4n) is 3.80. The lowest BCUT2D eigenvalue weighted by molar-refractivity contribution is 0.415. The molecule has 1 aromatic heterocycles. The van der Waals surface area contributed by atoms with E-state index in [4.69, 9.17) is 21.4 Å². The second-order valence-electron chi connectivity index (χ2n) is 7.40. The minimum atomic E-state index is 0.0280. The molecular weight excluding hydrogens is 408 g/mol. The highest BCUT2D eigenvalue weighted by Gasteiger charge is 2.26. The number of rotatable bonds is 5. The number of nitrogens with one attached hydrogen (secondary N) is 1. The minimum Gasteiger partial charge on any atom is -0.497 e. The maximum Gasteiger partial charge on any atom is 0.118 e. The maximum atomic E-state index is 6.22. The van der Waals surface area contributed by atoms with Gasteiger partial charge in [-0.3, -0.25) is 0 Å².